The fourth-order valence-corrected chi connectivity index (χ4v) is 5.44. The van der Waals surface area contributed by atoms with Crippen LogP contribution in [0.15, 0.2) is 78.9 Å². The SMILES string of the molecule is Cc1ccc(NC(=S)c2c(-c3ccc(Cl)cc3)c3c4n(c(-c5ccccc5)nn24)CCCC3)cc1. The summed E-state index contributed by atoms with van der Waals surface area (Å²) in [7, 11) is 0. The summed E-state index contributed by atoms with van der Waals surface area (Å²) in [6, 6.07) is 26.8. The highest BCUT2D eigenvalue weighted by molar-refractivity contribution is 7.81. The van der Waals surface area contributed by atoms with Crippen molar-refractivity contribution in [3.05, 3.63) is 101 Å². The summed E-state index contributed by atoms with van der Waals surface area (Å²) in [6.07, 6.45) is 3.21. The smallest absolute Gasteiger partial charge is 0.162 e. The predicted octanol–water partition coefficient (Wildman–Crippen LogP) is 7.56. The lowest BCUT2D eigenvalue weighted by molar-refractivity contribution is 0.645. The van der Waals surface area contributed by atoms with E-state index in [2.05, 4.69) is 82.0 Å². The van der Waals surface area contributed by atoms with Gasteiger partial charge in [-0.1, -0.05) is 84.0 Å². The Morgan fingerprint density at radius 1 is 0.914 bits per heavy atom. The van der Waals surface area contributed by atoms with Gasteiger partial charge in [0.1, 0.15) is 16.3 Å². The zero-order valence-corrected chi connectivity index (χ0v) is 21.0. The van der Waals surface area contributed by atoms with E-state index >= 15 is 0 Å². The summed E-state index contributed by atoms with van der Waals surface area (Å²) in [5, 5.41) is 9.36. The number of anilines is 1. The van der Waals surface area contributed by atoms with Crippen LogP contribution < -0.4 is 5.32 Å². The van der Waals surface area contributed by atoms with Gasteiger partial charge < -0.3 is 9.88 Å². The van der Waals surface area contributed by atoms with Gasteiger partial charge in [0.2, 0.25) is 0 Å². The number of thiocarbonyl (C=S) groups is 1. The monoisotopic (exact) mass is 496 g/mol. The van der Waals surface area contributed by atoms with Crippen molar-refractivity contribution >= 4 is 40.1 Å². The molecule has 174 valence electrons. The Morgan fingerprint density at radius 3 is 2.40 bits per heavy atom. The molecule has 0 radical (unpaired) electrons. The van der Waals surface area contributed by atoms with Crippen LogP contribution in [0.25, 0.3) is 28.2 Å². The molecule has 1 aliphatic rings. The van der Waals surface area contributed by atoms with Gasteiger partial charge in [-0.25, -0.2) is 4.52 Å². The van der Waals surface area contributed by atoms with Gasteiger partial charge in [0.15, 0.2) is 5.82 Å². The molecule has 0 bridgehead atoms. The van der Waals surface area contributed by atoms with E-state index in [9.17, 15) is 0 Å². The molecule has 1 aliphatic heterocycles. The van der Waals surface area contributed by atoms with E-state index in [0.717, 1.165) is 70.4 Å². The Hall–Kier alpha value is -3.41. The van der Waals surface area contributed by atoms with Crippen molar-refractivity contribution in [2.45, 2.75) is 32.7 Å². The quantitative estimate of drug-likeness (QED) is 0.261. The molecule has 3 aromatic carbocycles. The van der Waals surface area contributed by atoms with Crippen LogP contribution in [-0.2, 0) is 13.0 Å². The summed E-state index contributed by atoms with van der Waals surface area (Å²) >= 11 is 12.3. The number of nitrogens with one attached hydrogen (secondary N) is 1. The summed E-state index contributed by atoms with van der Waals surface area (Å²) in [6.45, 7) is 3.02. The van der Waals surface area contributed by atoms with Gasteiger partial charge in [-0.2, -0.15) is 0 Å². The van der Waals surface area contributed by atoms with Gasteiger partial charge in [0.05, 0.1) is 0 Å². The lowest BCUT2D eigenvalue weighted by Gasteiger charge is -2.12. The standard InChI is InChI=1S/C29H25ClN4S/c1-19-10-16-23(17-11-19)31-28(35)26-25(20-12-14-22(30)15-13-20)24-9-5-6-18-33-27(32-34(26)29(24)33)21-7-3-2-4-8-21/h2-4,7-8,10-17H,5-6,9,18H2,1H3,(H,31,35). The molecule has 1 N–H and O–H groups in total. The number of hydrogen-bond donors (Lipinski definition) is 1. The van der Waals surface area contributed by atoms with E-state index in [1.54, 1.807) is 0 Å². The molecule has 5 aromatic rings. The van der Waals surface area contributed by atoms with Crippen molar-refractivity contribution in [3.63, 3.8) is 0 Å². The molecular formula is C29H25ClN4S. The molecule has 4 nitrogen and oxygen atoms in total. The fourth-order valence-electron chi connectivity index (χ4n) is 5.00. The van der Waals surface area contributed by atoms with Crippen LogP contribution in [0.5, 0.6) is 0 Å². The molecule has 0 unspecified atom stereocenters. The zero-order chi connectivity index (χ0) is 23.9. The van der Waals surface area contributed by atoms with Gasteiger partial charge in [0, 0.05) is 33.9 Å². The molecule has 6 heteroatoms. The molecule has 0 saturated heterocycles. The first-order valence-corrected chi connectivity index (χ1v) is 12.7. The third kappa shape index (κ3) is 3.95. The maximum atomic E-state index is 6.24. The van der Waals surface area contributed by atoms with Crippen LogP contribution in [0, 0.1) is 6.92 Å². The lowest BCUT2D eigenvalue weighted by Crippen LogP contribution is -2.15. The normalized spacial score (nSPS) is 13.1. The highest BCUT2D eigenvalue weighted by atomic mass is 35.5. The molecule has 0 saturated carbocycles. The zero-order valence-electron chi connectivity index (χ0n) is 19.5. The van der Waals surface area contributed by atoms with Crippen LogP contribution in [0.1, 0.15) is 29.7 Å². The van der Waals surface area contributed by atoms with E-state index in [1.165, 1.54) is 11.1 Å². The Balaban J connectivity index is 1.60. The average Bonchev–Trinajstić information content (AvgIpc) is 3.29. The van der Waals surface area contributed by atoms with Gasteiger partial charge in [-0.15, -0.1) is 5.10 Å². The number of hydrogen-bond acceptors (Lipinski definition) is 2. The predicted molar refractivity (Wildman–Crippen MR) is 149 cm³/mol. The Bertz CT molecular complexity index is 1530. The third-order valence-electron chi connectivity index (χ3n) is 6.67. The van der Waals surface area contributed by atoms with Crippen molar-refractivity contribution in [2.75, 3.05) is 5.32 Å². The van der Waals surface area contributed by atoms with Gasteiger partial charge in [0.25, 0.3) is 0 Å². The molecule has 2 aromatic heterocycles. The summed E-state index contributed by atoms with van der Waals surface area (Å²) in [5.74, 6) is 0.978. The minimum atomic E-state index is 0.657. The first kappa shape index (κ1) is 22.1. The number of benzene rings is 3. The lowest BCUT2D eigenvalue weighted by atomic mass is 9.98. The molecule has 6 rings (SSSR count). The van der Waals surface area contributed by atoms with Gasteiger partial charge in [-0.05, 0) is 56.0 Å². The average molecular weight is 497 g/mol. The highest BCUT2D eigenvalue weighted by Gasteiger charge is 2.29. The topological polar surface area (TPSA) is 34.3 Å². The van der Waals surface area contributed by atoms with Gasteiger partial charge >= 0.3 is 0 Å². The molecule has 0 atom stereocenters. The first-order valence-electron chi connectivity index (χ1n) is 11.9. The van der Waals surface area contributed by atoms with Crippen molar-refractivity contribution in [2.24, 2.45) is 0 Å². The third-order valence-corrected chi connectivity index (χ3v) is 7.22. The van der Waals surface area contributed by atoms with E-state index in [-0.39, 0.29) is 0 Å². The van der Waals surface area contributed by atoms with E-state index in [4.69, 9.17) is 28.9 Å². The van der Waals surface area contributed by atoms with Crippen molar-refractivity contribution < 1.29 is 0 Å². The van der Waals surface area contributed by atoms with E-state index in [1.807, 2.05) is 18.2 Å². The number of nitrogens with zero attached hydrogens (tertiary/aromatic N) is 3. The molecule has 0 fully saturated rings. The number of rotatable bonds is 4. The van der Waals surface area contributed by atoms with E-state index < -0.39 is 0 Å². The van der Waals surface area contributed by atoms with Gasteiger partial charge in [-0.3, -0.25) is 0 Å². The van der Waals surface area contributed by atoms with E-state index in [0.29, 0.717) is 4.99 Å². The second kappa shape index (κ2) is 8.99. The van der Waals surface area contributed by atoms with Crippen LogP contribution in [0.4, 0.5) is 5.69 Å². The maximum Gasteiger partial charge on any atom is 0.162 e. The Labute approximate surface area is 215 Å². The largest absolute Gasteiger partial charge is 0.345 e. The van der Waals surface area contributed by atoms with Crippen LogP contribution in [0.2, 0.25) is 5.02 Å². The Kier molecular flexibility index (Phi) is 5.67. The highest BCUT2D eigenvalue weighted by Crippen LogP contribution is 2.39. The van der Waals surface area contributed by atoms with Crippen molar-refractivity contribution in [1.29, 1.82) is 0 Å². The molecule has 0 amide bonds. The molecular weight excluding hydrogens is 472 g/mol. The number of aryl methyl sites for hydroxylation is 3. The summed E-state index contributed by atoms with van der Waals surface area (Å²) in [5.41, 5.74) is 8.89. The molecule has 35 heavy (non-hydrogen) atoms. The minimum absolute atomic E-state index is 0.657. The van der Waals surface area contributed by atoms with Crippen molar-refractivity contribution in [3.8, 4) is 22.5 Å². The second-order valence-electron chi connectivity index (χ2n) is 9.06. The summed E-state index contributed by atoms with van der Waals surface area (Å²) < 4.78 is 4.44. The second-order valence-corrected chi connectivity index (χ2v) is 9.91. The van der Waals surface area contributed by atoms with Crippen LogP contribution in [0.3, 0.4) is 0 Å². The maximum absolute atomic E-state index is 6.24. The number of halogens is 1. The van der Waals surface area contributed by atoms with Crippen LogP contribution >= 0.6 is 23.8 Å². The summed E-state index contributed by atoms with van der Waals surface area (Å²) in [4.78, 5) is 0.657. The van der Waals surface area contributed by atoms with Crippen LogP contribution in [-0.4, -0.2) is 19.2 Å². The molecule has 0 aliphatic carbocycles. The first-order chi connectivity index (χ1) is 17.1. The fraction of sp³-hybridized carbons (Fsp3) is 0.172. The Morgan fingerprint density at radius 2 is 1.66 bits per heavy atom. The van der Waals surface area contributed by atoms with Crippen molar-refractivity contribution in [1.82, 2.24) is 14.2 Å². The number of aromatic nitrogens is 3. The molecule has 3 heterocycles. The minimum Gasteiger partial charge on any atom is -0.345 e. The molecule has 0 spiro atoms.